The maximum atomic E-state index is 2.77. The van der Waals surface area contributed by atoms with Crippen LogP contribution < -0.4 is 0 Å². The first-order chi connectivity index (χ1) is 11.7. The molecule has 0 saturated carbocycles. The standard InChI is InChI=1S/3C7H19Si2.Sb/c3*1-8(2,3)7-9(4,5)6;/h3*7H,1-6H3;. The van der Waals surface area contributed by atoms with Crippen LogP contribution >= 0.6 is 0 Å². The molecule has 0 aliphatic rings. The summed E-state index contributed by atoms with van der Waals surface area (Å²) in [5.74, 6) is 0. The van der Waals surface area contributed by atoms with Gasteiger partial charge in [0, 0.05) is 0 Å². The Hall–Kier alpha value is 2.12. The molecule has 0 aromatic carbocycles. The summed E-state index contributed by atoms with van der Waals surface area (Å²) >= 11 is -1.59. The zero-order valence-electron chi connectivity index (χ0n) is 23.2. The second-order valence-corrected chi connectivity index (χ2v) is 65.1. The van der Waals surface area contributed by atoms with Crippen LogP contribution in [0.1, 0.15) is 0 Å². The van der Waals surface area contributed by atoms with Crippen LogP contribution in [0.5, 0.6) is 0 Å². The first-order valence-electron chi connectivity index (χ1n) is 11.5. The van der Waals surface area contributed by atoms with E-state index in [9.17, 15) is 0 Å². The van der Waals surface area contributed by atoms with Crippen molar-refractivity contribution in [3.8, 4) is 0 Å². The average molecular weight is 600 g/mol. The van der Waals surface area contributed by atoms with E-state index in [2.05, 4.69) is 118 Å². The van der Waals surface area contributed by atoms with Gasteiger partial charge in [0.15, 0.2) is 0 Å². The fourth-order valence-corrected chi connectivity index (χ4v) is 116. The summed E-state index contributed by atoms with van der Waals surface area (Å²) in [5.41, 5.74) is 0. The van der Waals surface area contributed by atoms with Gasteiger partial charge in [0.1, 0.15) is 0 Å². The summed E-state index contributed by atoms with van der Waals surface area (Å²) < 4.78 is 3.69. The molecule has 0 saturated heterocycles. The van der Waals surface area contributed by atoms with E-state index in [1.807, 2.05) is 0 Å². The van der Waals surface area contributed by atoms with Crippen molar-refractivity contribution >= 4 is 68.7 Å². The Bertz CT molecular complexity index is 388. The molecule has 0 bridgehead atoms. The van der Waals surface area contributed by atoms with Crippen molar-refractivity contribution in [3.05, 3.63) is 0 Å². The third-order valence-corrected chi connectivity index (χ3v) is 88.1. The van der Waals surface area contributed by atoms with E-state index >= 15 is 0 Å². The van der Waals surface area contributed by atoms with Crippen LogP contribution in [0.3, 0.4) is 0 Å². The van der Waals surface area contributed by atoms with E-state index in [1.54, 1.807) is 0 Å². The van der Waals surface area contributed by atoms with Gasteiger partial charge in [-0.2, -0.15) is 0 Å². The summed E-state index contributed by atoms with van der Waals surface area (Å²) in [6, 6.07) is 0. The second-order valence-electron chi connectivity index (χ2n) is 15.9. The normalized spacial score (nSPS) is 16.1. The molecule has 0 heterocycles. The van der Waals surface area contributed by atoms with E-state index < -0.39 is 68.7 Å². The Labute approximate surface area is 194 Å². The molecule has 0 spiro atoms. The molecule has 0 unspecified atom stereocenters. The Morgan fingerprint density at radius 1 is 0.286 bits per heavy atom. The first kappa shape index (κ1) is 30.1. The van der Waals surface area contributed by atoms with Gasteiger partial charge in [-0.05, 0) is 0 Å². The Morgan fingerprint density at radius 3 is 0.464 bits per heavy atom. The summed E-state index contributed by atoms with van der Waals surface area (Å²) in [6.45, 7) is 49.8. The zero-order valence-corrected chi connectivity index (χ0v) is 31.7. The monoisotopic (exact) mass is 598 g/mol. The zero-order chi connectivity index (χ0) is 23.3. The molecular weight excluding hydrogens is 543 g/mol. The van der Waals surface area contributed by atoms with Gasteiger partial charge in [-0.3, -0.25) is 0 Å². The van der Waals surface area contributed by atoms with E-state index in [1.165, 1.54) is 9.33 Å². The van der Waals surface area contributed by atoms with E-state index in [0.29, 0.717) is 0 Å². The van der Waals surface area contributed by atoms with E-state index in [4.69, 9.17) is 0 Å². The van der Waals surface area contributed by atoms with Crippen LogP contribution in [-0.2, 0) is 0 Å². The Morgan fingerprint density at radius 2 is 0.393 bits per heavy atom. The summed E-state index contributed by atoms with van der Waals surface area (Å²) in [7, 11) is -7.16. The van der Waals surface area contributed by atoms with Gasteiger partial charge in [-0.1, -0.05) is 0 Å². The molecule has 7 heteroatoms. The SMILES string of the molecule is C[Si](C)(C)[CH]([Sb]([CH]([Si](C)(C)C)[Si](C)(C)C)[CH]([Si](C)(C)C)[Si](C)(C)C)[Si](C)(C)C. The van der Waals surface area contributed by atoms with Crippen LogP contribution in [0.25, 0.3) is 0 Å². The predicted octanol–water partition coefficient (Wildman–Crippen LogP) is 8.86. The van der Waals surface area contributed by atoms with Crippen LogP contribution in [0, 0.1) is 0 Å². The molecule has 0 rings (SSSR count). The predicted molar refractivity (Wildman–Crippen MR) is 157 cm³/mol. The topological polar surface area (TPSA) is 0 Å². The van der Waals surface area contributed by atoms with Crippen LogP contribution in [0.15, 0.2) is 0 Å². The third kappa shape index (κ3) is 8.23. The molecule has 0 nitrogen and oxygen atoms in total. The maximum absolute atomic E-state index is 2.77. The van der Waals surface area contributed by atoms with E-state index in [0.717, 1.165) is 0 Å². The van der Waals surface area contributed by atoms with Gasteiger partial charge >= 0.3 is 196 Å². The van der Waals surface area contributed by atoms with Crippen molar-refractivity contribution in [2.24, 2.45) is 0 Å². The molecule has 0 radical (unpaired) electrons. The quantitative estimate of drug-likeness (QED) is 0.232. The Balaban J connectivity index is 7.30. The molecule has 28 heavy (non-hydrogen) atoms. The molecule has 0 aliphatic carbocycles. The van der Waals surface area contributed by atoms with Gasteiger partial charge < -0.3 is 0 Å². The molecule has 0 N–H and O–H groups in total. The summed E-state index contributed by atoms with van der Waals surface area (Å²) in [4.78, 5) is 0. The van der Waals surface area contributed by atoms with Crippen molar-refractivity contribution < 1.29 is 0 Å². The molecule has 170 valence electrons. The fraction of sp³-hybridized carbons (Fsp3) is 1.00. The van der Waals surface area contributed by atoms with Gasteiger partial charge in [0.25, 0.3) is 0 Å². The summed E-state index contributed by atoms with van der Waals surface area (Å²) in [5, 5.41) is 0. The third-order valence-electron chi connectivity index (χ3n) is 5.82. The van der Waals surface area contributed by atoms with E-state index in [-0.39, 0.29) is 0 Å². The van der Waals surface area contributed by atoms with Crippen LogP contribution in [0.4, 0.5) is 0 Å². The number of rotatable bonds is 9. The summed E-state index contributed by atoms with van der Waals surface area (Å²) in [6.07, 6.45) is 0. The fourth-order valence-electron chi connectivity index (χ4n) is 7.03. The number of hydrogen-bond donors (Lipinski definition) is 0. The van der Waals surface area contributed by atoms with Crippen molar-refractivity contribution in [1.29, 1.82) is 0 Å². The van der Waals surface area contributed by atoms with Gasteiger partial charge in [-0.25, -0.2) is 0 Å². The Kier molecular flexibility index (Phi) is 9.86. The molecule has 0 aromatic rings. The van der Waals surface area contributed by atoms with Gasteiger partial charge in [0.2, 0.25) is 0 Å². The molecule has 0 fully saturated rings. The molecular formula is C21H57SbSi6. The van der Waals surface area contributed by atoms with Crippen molar-refractivity contribution in [2.45, 2.75) is 127 Å². The number of hydrogen-bond acceptors (Lipinski definition) is 0. The second kappa shape index (κ2) is 9.17. The molecule has 0 aromatic heterocycles. The van der Waals surface area contributed by atoms with Crippen molar-refractivity contribution in [1.82, 2.24) is 0 Å². The first-order valence-corrected chi connectivity index (χ1v) is 37.4. The minimum absolute atomic E-state index is 1.19. The van der Waals surface area contributed by atoms with Crippen molar-refractivity contribution in [3.63, 3.8) is 0 Å². The van der Waals surface area contributed by atoms with Gasteiger partial charge in [-0.15, -0.1) is 0 Å². The minimum atomic E-state index is -1.59. The molecule has 0 atom stereocenters. The molecule has 0 amide bonds. The average Bonchev–Trinajstić information content (AvgIpc) is 2.13. The van der Waals surface area contributed by atoms with Crippen LogP contribution in [0.2, 0.25) is 127 Å². The van der Waals surface area contributed by atoms with Crippen molar-refractivity contribution in [2.75, 3.05) is 0 Å². The van der Waals surface area contributed by atoms with Crippen LogP contribution in [-0.4, -0.2) is 68.7 Å². The van der Waals surface area contributed by atoms with Gasteiger partial charge in [0.05, 0.1) is 0 Å². The molecule has 0 aliphatic heterocycles.